The number of hydrogen-bond acceptors (Lipinski definition) is 3. The van der Waals surface area contributed by atoms with Crippen LogP contribution in [0.5, 0.6) is 0 Å². The molecule has 5 heteroatoms. The number of benzene rings is 2. The molecule has 0 unspecified atom stereocenters. The van der Waals surface area contributed by atoms with Crippen molar-refractivity contribution in [2.45, 2.75) is 20.4 Å². The van der Waals surface area contributed by atoms with Crippen LogP contribution >= 0.6 is 0 Å². The van der Waals surface area contributed by atoms with Crippen LogP contribution in [-0.4, -0.2) is 12.0 Å². The first-order valence-electron chi connectivity index (χ1n) is 6.60. The van der Waals surface area contributed by atoms with Crippen LogP contribution in [0.3, 0.4) is 0 Å². The Bertz CT molecular complexity index is 686. The van der Waals surface area contributed by atoms with E-state index in [1.54, 1.807) is 6.07 Å². The lowest BCUT2D eigenvalue weighted by Crippen LogP contribution is -2.18. The Morgan fingerprint density at radius 3 is 2.57 bits per heavy atom. The largest absolute Gasteiger partial charge is 0.370 e. The summed E-state index contributed by atoms with van der Waals surface area (Å²) in [6.45, 7) is 4.27. The molecule has 0 amide bonds. The second-order valence-corrected chi connectivity index (χ2v) is 5.15. The van der Waals surface area contributed by atoms with Gasteiger partial charge in [0.1, 0.15) is 0 Å². The van der Waals surface area contributed by atoms with Crippen molar-refractivity contribution < 1.29 is 9.31 Å². The maximum atomic E-state index is 14.1. The number of nitro benzene ring substituents is 1. The van der Waals surface area contributed by atoms with Crippen molar-refractivity contribution in [2.24, 2.45) is 0 Å². The summed E-state index contributed by atoms with van der Waals surface area (Å²) in [5, 5.41) is 10.8. The first-order chi connectivity index (χ1) is 9.90. The van der Waals surface area contributed by atoms with Gasteiger partial charge in [0.15, 0.2) is 0 Å². The molecule has 0 aliphatic carbocycles. The summed E-state index contributed by atoms with van der Waals surface area (Å²) < 4.78 is 14.1. The Balaban J connectivity index is 2.29. The molecule has 0 N–H and O–H groups in total. The fraction of sp³-hybridized carbons (Fsp3) is 0.250. The fourth-order valence-electron chi connectivity index (χ4n) is 2.40. The molecule has 0 aliphatic rings. The summed E-state index contributed by atoms with van der Waals surface area (Å²) in [4.78, 5) is 12.0. The van der Waals surface area contributed by atoms with Gasteiger partial charge in [0.2, 0.25) is 5.82 Å². The molecule has 0 atom stereocenters. The van der Waals surface area contributed by atoms with E-state index >= 15 is 0 Å². The van der Waals surface area contributed by atoms with Gasteiger partial charge >= 0.3 is 5.69 Å². The van der Waals surface area contributed by atoms with Gasteiger partial charge in [-0.3, -0.25) is 10.1 Å². The van der Waals surface area contributed by atoms with Crippen LogP contribution in [0.1, 0.15) is 16.7 Å². The molecule has 0 bridgehead atoms. The normalized spacial score (nSPS) is 10.5. The lowest BCUT2D eigenvalue weighted by molar-refractivity contribution is -0.387. The minimum Gasteiger partial charge on any atom is -0.370 e. The van der Waals surface area contributed by atoms with E-state index in [1.807, 2.05) is 37.9 Å². The molecule has 0 fully saturated rings. The summed E-state index contributed by atoms with van der Waals surface area (Å²) in [5.41, 5.74) is 3.05. The van der Waals surface area contributed by atoms with Gasteiger partial charge in [0.25, 0.3) is 0 Å². The van der Waals surface area contributed by atoms with Gasteiger partial charge in [-0.1, -0.05) is 29.8 Å². The number of nitrogens with zero attached hydrogens (tertiary/aromatic N) is 2. The van der Waals surface area contributed by atoms with Crippen molar-refractivity contribution in [2.75, 3.05) is 11.9 Å². The number of halogens is 1. The molecule has 2 aromatic rings. The Kier molecular flexibility index (Phi) is 4.21. The number of aryl methyl sites for hydroxylation is 2. The highest BCUT2D eigenvalue weighted by molar-refractivity contribution is 5.54. The highest BCUT2D eigenvalue weighted by atomic mass is 19.1. The quantitative estimate of drug-likeness (QED) is 0.631. The molecule has 0 saturated heterocycles. The van der Waals surface area contributed by atoms with E-state index < -0.39 is 16.4 Å². The fourth-order valence-corrected chi connectivity index (χ4v) is 2.40. The van der Waals surface area contributed by atoms with Gasteiger partial charge in [-0.05, 0) is 25.5 Å². The van der Waals surface area contributed by atoms with Gasteiger partial charge in [-0.25, -0.2) is 0 Å². The minimum atomic E-state index is -0.765. The van der Waals surface area contributed by atoms with Gasteiger partial charge in [0.05, 0.1) is 4.92 Å². The second kappa shape index (κ2) is 5.91. The first-order valence-corrected chi connectivity index (χ1v) is 6.60. The summed E-state index contributed by atoms with van der Waals surface area (Å²) in [6, 6.07) is 10.3. The van der Waals surface area contributed by atoms with Crippen molar-refractivity contribution in [3.63, 3.8) is 0 Å². The molecule has 2 rings (SSSR count). The first kappa shape index (κ1) is 15.0. The lowest BCUT2D eigenvalue weighted by atomic mass is 10.1. The smallest absolute Gasteiger partial charge is 0.305 e. The molecular weight excluding hydrogens is 271 g/mol. The average Bonchev–Trinajstić information content (AvgIpc) is 2.40. The molecule has 0 spiro atoms. The third kappa shape index (κ3) is 3.18. The number of nitro groups is 1. The van der Waals surface area contributed by atoms with Gasteiger partial charge < -0.3 is 4.90 Å². The monoisotopic (exact) mass is 288 g/mol. The topological polar surface area (TPSA) is 46.4 Å². The van der Waals surface area contributed by atoms with E-state index in [9.17, 15) is 14.5 Å². The van der Waals surface area contributed by atoms with E-state index in [4.69, 9.17) is 0 Å². The molecule has 0 aliphatic heterocycles. The maximum absolute atomic E-state index is 14.1. The Morgan fingerprint density at radius 1 is 1.24 bits per heavy atom. The van der Waals surface area contributed by atoms with Crippen LogP contribution in [0.4, 0.5) is 15.8 Å². The van der Waals surface area contributed by atoms with E-state index in [-0.39, 0.29) is 6.54 Å². The summed E-state index contributed by atoms with van der Waals surface area (Å²) >= 11 is 0. The third-order valence-electron chi connectivity index (χ3n) is 3.43. The maximum Gasteiger partial charge on any atom is 0.305 e. The van der Waals surface area contributed by atoms with Crippen molar-refractivity contribution in [1.82, 2.24) is 0 Å². The zero-order valence-electron chi connectivity index (χ0n) is 12.3. The van der Waals surface area contributed by atoms with Gasteiger partial charge in [-0.2, -0.15) is 4.39 Å². The molecule has 110 valence electrons. The summed E-state index contributed by atoms with van der Waals surface area (Å²) in [6.07, 6.45) is 0. The molecule has 0 saturated carbocycles. The molecule has 2 aromatic carbocycles. The Labute approximate surface area is 123 Å². The zero-order valence-corrected chi connectivity index (χ0v) is 12.3. The predicted molar refractivity (Wildman–Crippen MR) is 81.1 cm³/mol. The summed E-state index contributed by atoms with van der Waals surface area (Å²) in [7, 11) is 1.84. The average molecular weight is 288 g/mol. The molecule has 4 nitrogen and oxygen atoms in total. The van der Waals surface area contributed by atoms with Gasteiger partial charge in [-0.15, -0.1) is 0 Å². The van der Waals surface area contributed by atoms with Crippen LogP contribution in [0.2, 0.25) is 0 Å². The van der Waals surface area contributed by atoms with Crippen LogP contribution < -0.4 is 4.90 Å². The molecule has 21 heavy (non-hydrogen) atoms. The summed E-state index contributed by atoms with van der Waals surface area (Å²) in [5.74, 6) is -0.765. The van der Waals surface area contributed by atoms with Crippen LogP contribution in [0.15, 0.2) is 36.4 Å². The predicted octanol–water partition coefficient (Wildman–Crippen LogP) is 3.99. The molecule has 0 heterocycles. The van der Waals surface area contributed by atoms with Crippen molar-refractivity contribution in [3.05, 3.63) is 69.0 Å². The van der Waals surface area contributed by atoms with E-state index in [1.165, 1.54) is 12.1 Å². The highest BCUT2D eigenvalue weighted by Crippen LogP contribution is 2.25. The third-order valence-corrected chi connectivity index (χ3v) is 3.43. The second-order valence-electron chi connectivity index (χ2n) is 5.15. The number of anilines is 1. The molecule has 0 aromatic heterocycles. The lowest BCUT2D eigenvalue weighted by Gasteiger charge is -2.22. The van der Waals surface area contributed by atoms with E-state index in [2.05, 4.69) is 6.07 Å². The Hall–Kier alpha value is -2.43. The van der Waals surface area contributed by atoms with Gasteiger partial charge in [0, 0.05) is 30.9 Å². The standard InChI is InChI=1S/C16H17FN2O2/c1-11-7-8-14(12(2)9-11)18(3)10-13-5-4-6-15(16(13)17)19(20)21/h4-9H,10H2,1-3H3. The van der Waals surface area contributed by atoms with Crippen molar-refractivity contribution in [1.29, 1.82) is 0 Å². The number of hydrogen-bond donors (Lipinski definition) is 0. The SMILES string of the molecule is Cc1ccc(N(C)Cc2cccc([N+](=O)[O-])c2F)c(C)c1. The minimum absolute atomic E-state index is 0.275. The van der Waals surface area contributed by atoms with E-state index in [0.29, 0.717) is 5.56 Å². The highest BCUT2D eigenvalue weighted by Gasteiger charge is 2.18. The molecular formula is C16H17FN2O2. The Morgan fingerprint density at radius 2 is 1.95 bits per heavy atom. The number of rotatable bonds is 4. The van der Waals surface area contributed by atoms with E-state index in [0.717, 1.165) is 16.8 Å². The van der Waals surface area contributed by atoms with Crippen LogP contribution in [0, 0.1) is 29.8 Å². The van der Waals surface area contributed by atoms with Crippen molar-refractivity contribution in [3.8, 4) is 0 Å². The molecule has 0 radical (unpaired) electrons. The van der Waals surface area contributed by atoms with Crippen molar-refractivity contribution >= 4 is 11.4 Å². The van der Waals surface area contributed by atoms with Crippen LogP contribution in [0.25, 0.3) is 0 Å². The zero-order chi connectivity index (χ0) is 15.6. The van der Waals surface area contributed by atoms with Crippen LogP contribution in [-0.2, 0) is 6.54 Å².